The van der Waals surface area contributed by atoms with Crippen molar-refractivity contribution in [3.8, 4) is 29.1 Å². The summed E-state index contributed by atoms with van der Waals surface area (Å²) in [5.41, 5.74) is 2.22. The molecule has 0 aliphatic rings. The van der Waals surface area contributed by atoms with Crippen molar-refractivity contribution in [2.24, 2.45) is 0 Å². The molecule has 2 aromatic carbocycles. The Bertz CT molecular complexity index is 1270. The van der Waals surface area contributed by atoms with E-state index in [9.17, 15) is 10.1 Å². The first-order valence-electron chi connectivity index (χ1n) is 15.9. The monoisotopic (exact) mass is 605 g/mol. The van der Waals surface area contributed by atoms with E-state index in [0.29, 0.717) is 46.1 Å². The van der Waals surface area contributed by atoms with Gasteiger partial charge in [-0.15, -0.1) is 0 Å². The first kappa shape index (κ1) is 36.3. The molecule has 0 aromatic heterocycles. The van der Waals surface area contributed by atoms with Gasteiger partial charge in [0.25, 0.3) is 0 Å². The highest BCUT2D eigenvalue weighted by molar-refractivity contribution is 5.90. The lowest BCUT2D eigenvalue weighted by atomic mass is 10.0. The standard InChI is InChI=1S/C37H51NO6/c1-9-10-11-12-13-14-15-16-17-36(44-37(39)26(2)3)43-32-20-18-29(23-34(32)40-8)22-31(25-38)30-19-21-33(41-27(4)5)35(24-30)42-28(6)7/h18-24,27-28,36H,2,9-17H2,1,3-8H3/b31-22+. The highest BCUT2D eigenvalue weighted by Gasteiger charge is 2.19. The van der Waals surface area contributed by atoms with Gasteiger partial charge in [-0.05, 0) is 88.6 Å². The van der Waals surface area contributed by atoms with Crippen molar-refractivity contribution >= 4 is 17.6 Å². The predicted molar refractivity (Wildman–Crippen MR) is 177 cm³/mol. The summed E-state index contributed by atoms with van der Waals surface area (Å²) in [6.07, 6.45) is 10.9. The van der Waals surface area contributed by atoms with Crippen LogP contribution in [0.1, 0.15) is 110 Å². The Morgan fingerprint density at radius 3 is 2.02 bits per heavy atom. The minimum absolute atomic E-state index is 0.0150. The molecule has 0 amide bonds. The Kier molecular flexibility index (Phi) is 16.0. The third-order valence-electron chi connectivity index (χ3n) is 6.74. The van der Waals surface area contributed by atoms with Gasteiger partial charge in [0.2, 0.25) is 6.29 Å². The lowest BCUT2D eigenvalue weighted by molar-refractivity contribution is -0.159. The first-order valence-corrected chi connectivity index (χ1v) is 15.9. The molecule has 7 nitrogen and oxygen atoms in total. The fourth-order valence-electron chi connectivity index (χ4n) is 4.54. The number of carbonyl (C=O) groups excluding carboxylic acids is 1. The Labute approximate surface area is 264 Å². The fourth-order valence-corrected chi connectivity index (χ4v) is 4.54. The van der Waals surface area contributed by atoms with Crippen LogP contribution in [0.2, 0.25) is 0 Å². The van der Waals surface area contributed by atoms with Crippen molar-refractivity contribution in [1.82, 2.24) is 0 Å². The third kappa shape index (κ3) is 12.8. The molecule has 0 fully saturated rings. The number of nitrogens with zero attached hydrogens (tertiary/aromatic N) is 1. The maximum Gasteiger partial charge on any atom is 0.336 e. The van der Waals surface area contributed by atoms with Gasteiger partial charge in [0.1, 0.15) is 0 Å². The molecule has 0 saturated heterocycles. The average Bonchev–Trinajstić information content (AvgIpc) is 2.98. The molecule has 0 spiro atoms. The van der Waals surface area contributed by atoms with E-state index in [0.717, 1.165) is 24.8 Å². The van der Waals surface area contributed by atoms with Crippen molar-refractivity contribution in [3.63, 3.8) is 0 Å². The Morgan fingerprint density at radius 1 is 0.841 bits per heavy atom. The molecule has 1 unspecified atom stereocenters. The lowest BCUT2D eigenvalue weighted by Gasteiger charge is -2.21. The van der Waals surface area contributed by atoms with Gasteiger partial charge in [0, 0.05) is 12.0 Å². The summed E-state index contributed by atoms with van der Waals surface area (Å²) in [5, 5.41) is 10.0. The Balaban J connectivity index is 2.23. The molecule has 2 aromatic rings. The van der Waals surface area contributed by atoms with Crippen molar-refractivity contribution in [2.75, 3.05) is 7.11 Å². The summed E-state index contributed by atoms with van der Waals surface area (Å²) in [4.78, 5) is 12.3. The largest absolute Gasteiger partial charge is 0.493 e. The summed E-state index contributed by atoms with van der Waals surface area (Å²) < 4.78 is 29.3. The number of benzene rings is 2. The quantitative estimate of drug-likeness (QED) is 0.0371. The van der Waals surface area contributed by atoms with Crippen molar-refractivity contribution < 1.29 is 28.5 Å². The second kappa shape index (κ2) is 19.4. The number of carbonyl (C=O) groups is 1. The summed E-state index contributed by atoms with van der Waals surface area (Å²) in [7, 11) is 1.55. The number of allylic oxidation sites excluding steroid dienone is 1. The van der Waals surface area contributed by atoms with Crippen LogP contribution in [0.4, 0.5) is 0 Å². The minimum atomic E-state index is -0.768. The van der Waals surface area contributed by atoms with Crippen LogP contribution in [0, 0.1) is 11.3 Å². The van der Waals surface area contributed by atoms with Gasteiger partial charge in [0.05, 0.1) is 31.0 Å². The van der Waals surface area contributed by atoms with Crippen LogP contribution in [-0.4, -0.2) is 31.6 Å². The fraction of sp³-hybridized carbons (Fsp3) is 0.514. The zero-order chi connectivity index (χ0) is 32.5. The van der Waals surface area contributed by atoms with Crippen LogP contribution in [0.3, 0.4) is 0 Å². The van der Waals surface area contributed by atoms with Crippen LogP contribution < -0.4 is 18.9 Å². The van der Waals surface area contributed by atoms with Gasteiger partial charge in [-0.1, -0.05) is 64.5 Å². The molecule has 0 N–H and O–H groups in total. The predicted octanol–water partition coefficient (Wildman–Crippen LogP) is 9.69. The molecule has 7 heteroatoms. The highest BCUT2D eigenvalue weighted by Crippen LogP contribution is 2.35. The van der Waals surface area contributed by atoms with Gasteiger partial charge in [-0.25, -0.2) is 4.79 Å². The molecule has 0 saturated carbocycles. The molecular formula is C37H51NO6. The van der Waals surface area contributed by atoms with E-state index in [4.69, 9.17) is 23.7 Å². The van der Waals surface area contributed by atoms with E-state index in [1.165, 1.54) is 32.1 Å². The van der Waals surface area contributed by atoms with E-state index in [1.807, 2.05) is 52.0 Å². The number of nitriles is 1. The van der Waals surface area contributed by atoms with Crippen molar-refractivity contribution in [1.29, 1.82) is 5.26 Å². The molecule has 240 valence electrons. The summed E-state index contributed by atoms with van der Waals surface area (Å²) in [6, 6.07) is 13.2. The van der Waals surface area contributed by atoms with Crippen LogP contribution in [0.15, 0.2) is 48.6 Å². The number of esters is 1. The molecule has 0 aliphatic carbocycles. The van der Waals surface area contributed by atoms with Crippen molar-refractivity contribution in [3.05, 3.63) is 59.7 Å². The van der Waals surface area contributed by atoms with E-state index in [-0.39, 0.29) is 12.2 Å². The van der Waals surface area contributed by atoms with Gasteiger partial charge in [0.15, 0.2) is 23.0 Å². The molecule has 44 heavy (non-hydrogen) atoms. The number of hydrogen-bond acceptors (Lipinski definition) is 7. The van der Waals surface area contributed by atoms with E-state index in [2.05, 4.69) is 19.6 Å². The zero-order valence-corrected chi connectivity index (χ0v) is 27.7. The molecule has 0 heterocycles. The van der Waals surface area contributed by atoms with Crippen LogP contribution in [0.25, 0.3) is 11.6 Å². The van der Waals surface area contributed by atoms with Gasteiger partial charge >= 0.3 is 5.97 Å². The van der Waals surface area contributed by atoms with E-state index >= 15 is 0 Å². The molecule has 0 aliphatic heterocycles. The van der Waals surface area contributed by atoms with Gasteiger partial charge in [-0.2, -0.15) is 5.26 Å². The smallest absolute Gasteiger partial charge is 0.336 e. The summed E-state index contributed by atoms with van der Waals surface area (Å²) in [5.74, 6) is 1.64. The van der Waals surface area contributed by atoms with E-state index in [1.54, 1.807) is 32.2 Å². The maximum atomic E-state index is 12.3. The Morgan fingerprint density at radius 2 is 1.43 bits per heavy atom. The number of hydrogen-bond donors (Lipinski definition) is 0. The number of methoxy groups -OCH3 is 1. The lowest BCUT2D eigenvalue weighted by Crippen LogP contribution is -2.25. The van der Waals surface area contributed by atoms with Gasteiger partial charge in [-0.3, -0.25) is 0 Å². The number of rotatable bonds is 20. The van der Waals surface area contributed by atoms with Crippen LogP contribution in [0.5, 0.6) is 23.0 Å². The SMILES string of the molecule is C=C(C)C(=O)OC(CCCCCCCCCC)Oc1ccc(/C=C(\C#N)c2ccc(OC(C)C)c(OC(C)C)c2)cc1OC. The van der Waals surface area contributed by atoms with Crippen LogP contribution in [-0.2, 0) is 9.53 Å². The van der Waals surface area contributed by atoms with E-state index < -0.39 is 12.3 Å². The topological polar surface area (TPSA) is 87.0 Å². The maximum absolute atomic E-state index is 12.3. The normalized spacial score (nSPS) is 12.0. The molecular weight excluding hydrogens is 554 g/mol. The zero-order valence-electron chi connectivity index (χ0n) is 27.7. The number of unbranched alkanes of at least 4 members (excludes halogenated alkanes) is 7. The summed E-state index contributed by atoms with van der Waals surface area (Å²) >= 11 is 0. The average molecular weight is 606 g/mol. The second-order valence-corrected chi connectivity index (χ2v) is 11.6. The first-order chi connectivity index (χ1) is 21.1. The molecule has 0 radical (unpaired) electrons. The Hall–Kier alpha value is -3.92. The minimum Gasteiger partial charge on any atom is -0.493 e. The van der Waals surface area contributed by atoms with Gasteiger partial charge < -0.3 is 23.7 Å². The molecule has 1 atom stereocenters. The third-order valence-corrected chi connectivity index (χ3v) is 6.74. The molecule has 0 bridgehead atoms. The molecule has 2 rings (SSSR count). The highest BCUT2D eigenvalue weighted by atomic mass is 16.7. The summed E-state index contributed by atoms with van der Waals surface area (Å²) in [6.45, 7) is 15.3. The van der Waals surface area contributed by atoms with Crippen molar-refractivity contribution in [2.45, 2.75) is 118 Å². The second-order valence-electron chi connectivity index (χ2n) is 11.6. The number of ether oxygens (including phenoxy) is 5. The van der Waals surface area contributed by atoms with Crippen LogP contribution >= 0.6 is 0 Å².